The van der Waals surface area contributed by atoms with Crippen molar-refractivity contribution < 1.29 is 19.1 Å². The van der Waals surface area contributed by atoms with E-state index in [9.17, 15) is 14.4 Å². The zero-order valence-electron chi connectivity index (χ0n) is 15.9. The number of pyridine rings is 1. The molecule has 0 spiro atoms. The quantitative estimate of drug-likeness (QED) is 0.467. The van der Waals surface area contributed by atoms with E-state index in [0.717, 1.165) is 10.3 Å². The van der Waals surface area contributed by atoms with Crippen molar-refractivity contribution in [1.82, 2.24) is 9.88 Å². The van der Waals surface area contributed by atoms with Crippen LogP contribution in [0, 0.1) is 0 Å². The number of nitrogens with zero attached hydrogens (tertiary/aromatic N) is 3. The number of anilines is 1. The van der Waals surface area contributed by atoms with Gasteiger partial charge in [0.15, 0.2) is 12.4 Å². The third-order valence-corrected chi connectivity index (χ3v) is 5.21. The summed E-state index contributed by atoms with van der Waals surface area (Å²) in [6.07, 6.45) is 1.75. The Bertz CT molecular complexity index is 850. The normalized spacial score (nSPS) is 13.8. The van der Waals surface area contributed by atoms with Crippen molar-refractivity contribution >= 4 is 39.4 Å². The van der Waals surface area contributed by atoms with E-state index in [2.05, 4.69) is 25.8 Å². The van der Waals surface area contributed by atoms with Gasteiger partial charge in [-0.15, -0.1) is 0 Å². The van der Waals surface area contributed by atoms with Crippen molar-refractivity contribution in [1.29, 1.82) is 0 Å². The average Bonchev–Trinajstić information content (AvgIpc) is 2.77. The molecule has 0 unspecified atom stereocenters. The Hall–Kier alpha value is -2.74. The van der Waals surface area contributed by atoms with Crippen LogP contribution in [0.15, 0.2) is 53.1 Å². The highest BCUT2D eigenvalue weighted by atomic mass is 79.9. The minimum atomic E-state index is -0.545. The number of Topliss-reactive ketones (excluding diaryl/α,β-unsaturated/α-hetero) is 1. The lowest BCUT2D eigenvalue weighted by Crippen LogP contribution is -2.50. The first-order valence-corrected chi connectivity index (χ1v) is 10.2. The highest BCUT2D eigenvalue weighted by Crippen LogP contribution is 2.14. The largest absolute Gasteiger partial charge is 0.456 e. The van der Waals surface area contributed by atoms with Crippen LogP contribution in [-0.2, 0) is 14.3 Å². The number of aromatic nitrogens is 1. The predicted molar refractivity (Wildman–Crippen MR) is 112 cm³/mol. The molecule has 1 aliphatic rings. The smallest absolute Gasteiger partial charge is 0.306 e. The van der Waals surface area contributed by atoms with Crippen LogP contribution in [0.5, 0.6) is 0 Å². The van der Waals surface area contributed by atoms with Gasteiger partial charge in [0.05, 0.1) is 6.42 Å². The fraction of sp³-hybridized carbons (Fsp3) is 0.333. The van der Waals surface area contributed by atoms with Crippen molar-refractivity contribution in [2.45, 2.75) is 12.8 Å². The number of amides is 1. The number of piperazine rings is 1. The SMILES string of the molecule is O=C(CCC(=O)c1ccc(Br)cc1)OCC(=O)N1CCN(c2ccccn2)CC1. The van der Waals surface area contributed by atoms with E-state index in [0.29, 0.717) is 31.7 Å². The zero-order chi connectivity index (χ0) is 20.6. The van der Waals surface area contributed by atoms with E-state index in [-0.39, 0.29) is 31.1 Å². The molecule has 1 aromatic carbocycles. The van der Waals surface area contributed by atoms with Gasteiger partial charge in [0, 0.05) is 48.8 Å². The highest BCUT2D eigenvalue weighted by Gasteiger charge is 2.22. The molecule has 0 atom stereocenters. The number of ketones is 1. The van der Waals surface area contributed by atoms with E-state index in [1.165, 1.54) is 0 Å². The molecule has 29 heavy (non-hydrogen) atoms. The number of carbonyl (C=O) groups is 3. The number of rotatable bonds is 7. The van der Waals surface area contributed by atoms with E-state index in [4.69, 9.17) is 4.74 Å². The predicted octanol–water partition coefficient (Wildman–Crippen LogP) is 2.70. The van der Waals surface area contributed by atoms with Crippen molar-refractivity contribution in [3.05, 3.63) is 58.7 Å². The second-order valence-corrected chi connectivity index (χ2v) is 7.56. The van der Waals surface area contributed by atoms with Crippen LogP contribution < -0.4 is 4.90 Å². The second-order valence-electron chi connectivity index (χ2n) is 6.65. The summed E-state index contributed by atoms with van der Waals surface area (Å²) in [6, 6.07) is 12.7. The summed E-state index contributed by atoms with van der Waals surface area (Å²) in [5.41, 5.74) is 0.544. The second kappa shape index (κ2) is 10.2. The number of hydrogen-bond acceptors (Lipinski definition) is 6. The Morgan fingerprint density at radius 2 is 1.69 bits per heavy atom. The molecule has 0 bridgehead atoms. The average molecular weight is 460 g/mol. The third kappa shape index (κ3) is 6.12. The molecule has 3 rings (SSSR count). The van der Waals surface area contributed by atoms with Crippen LogP contribution in [-0.4, -0.2) is 60.3 Å². The van der Waals surface area contributed by atoms with Crippen LogP contribution in [0.4, 0.5) is 5.82 Å². The molecule has 7 nitrogen and oxygen atoms in total. The number of carbonyl (C=O) groups excluding carboxylic acids is 3. The zero-order valence-corrected chi connectivity index (χ0v) is 17.5. The number of halogens is 1. The molecular formula is C21H22BrN3O4. The van der Waals surface area contributed by atoms with Gasteiger partial charge in [-0.25, -0.2) is 4.98 Å². The summed E-state index contributed by atoms with van der Waals surface area (Å²) < 4.78 is 5.94. The van der Waals surface area contributed by atoms with Gasteiger partial charge in [-0.1, -0.05) is 34.1 Å². The van der Waals surface area contributed by atoms with Crippen molar-refractivity contribution in [3.63, 3.8) is 0 Å². The molecule has 0 aliphatic carbocycles. The molecule has 2 aromatic rings. The standard InChI is InChI=1S/C21H22BrN3O4/c22-17-6-4-16(5-7-17)18(26)8-9-21(28)29-15-20(27)25-13-11-24(12-14-25)19-3-1-2-10-23-19/h1-7,10H,8-9,11-15H2. The van der Waals surface area contributed by atoms with E-state index < -0.39 is 5.97 Å². The van der Waals surface area contributed by atoms with Gasteiger partial charge in [-0.3, -0.25) is 14.4 Å². The maximum Gasteiger partial charge on any atom is 0.306 e. The number of benzene rings is 1. The Labute approximate surface area is 177 Å². The van der Waals surface area contributed by atoms with E-state index in [1.54, 1.807) is 35.4 Å². The fourth-order valence-corrected chi connectivity index (χ4v) is 3.29. The highest BCUT2D eigenvalue weighted by molar-refractivity contribution is 9.10. The molecule has 1 aromatic heterocycles. The molecule has 152 valence electrons. The van der Waals surface area contributed by atoms with Crippen molar-refractivity contribution in [2.75, 3.05) is 37.7 Å². The molecule has 0 radical (unpaired) electrons. The maximum absolute atomic E-state index is 12.3. The molecule has 0 N–H and O–H groups in total. The Kier molecular flexibility index (Phi) is 7.35. The number of ether oxygens (including phenoxy) is 1. The maximum atomic E-state index is 12.3. The Balaban J connectivity index is 1.36. The third-order valence-electron chi connectivity index (χ3n) is 4.68. The summed E-state index contributed by atoms with van der Waals surface area (Å²) >= 11 is 3.31. The molecule has 1 amide bonds. The van der Waals surface area contributed by atoms with Gasteiger partial charge in [0.2, 0.25) is 0 Å². The van der Waals surface area contributed by atoms with Crippen LogP contribution in [0.1, 0.15) is 23.2 Å². The van der Waals surface area contributed by atoms with Gasteiger partial charge in [0.1, 0.15) is 5.82 Å². The topological polar surface area (TPSA) is 79.8 Å². The van der Waals surface area contributed by atoms with Crippen molar-refractivity contribution in [2.24, 2.45) is 0 Å². The minimum Gasteiger partial charge on any atom is -0.456 e. The van der Waals surface area contributed by atoms with Crippen LogP contribution in [0.3, 0.4) is 0 Å². The molecule has 2 heterocycles. The van der Waals surface area contributed by atoms with Crippen LogP contribution in [0.2, 0.25) is 0 Å². The number of hydrogen-bond donors (Lipinski definition) is 0. The minimum absolute atomic E-state index is 0.0460. The molecular weight excluding hydrogens is 438 g/mol. The van der Waals surface area contributed by atoms with E-state index >= 15 is 0 Å². The van der Waals surface area contributed by atoms with Crippen LogP contribution in [0.25, 0.3) is 0 Å². The summed E-state index contributed by atoms with van der Waals surface area (Å²) in [7, 11) is 0. The molecule has 8 heteroatoms. The van der Waals surface area contributed by atoms with Gasteiger partial charge < -0.3 is 14.5 Å². The van der Waals surface area contributed by atoms with Gasteiger partial charge in [0.25, 0.3) is 5.91 Å². The lowest BCUT2D eigenvalue weighted by Gasteiger charge is -2.35. The first-order valence-electron chi connectivity index (χ1n) is 9.41. The summed E-state index contributed by atoms with van der Waals surface area (Å²) in [4.78, 5) is 44.4. The molecule has 0 saturated carbocycles. The lowest BCUT2D eigenvalue weighted by atomic mass is 10.1. The van der Waals surface area contributed by atoms with Crippen molar-refractivity contribution in [3.8, 4) is 0 Å². The van der Waals surface area contributed by atoms with Gasteiger partial charge in [-0.2, -0.15) is 0 Å². The van der Waals surface area contributed by atoms with Gasteiger partial charge >= 0.3 is 5.97 Å². The van der Waals surface area contributed by atoms with Crippen LogP contribution >= 0.6 is 15.9 Å². The Morgan fingerprint density at radius 1 is 0.966 bits per heavy atom. The summed E-state index contributed by atoms with van der Waals surface area (Å²) in [5.74, 6) is -0.0120. The molecule has 1 fully saturated rings. The first-order chi connectivity index (χ1) is 14.0. The molecule has 1 aliphatic heterocycles. The molecule has 1 saturated heterocycles. The van der Waals surface area contributed by atoms with E-state index in [1.807, 2.05) is 18.2 Å². The Morgan fingerprint density at radius 3 is 2.34 bits per heavy atom. The fourth-order valence-electron chi connectivity index (χ4n) is 3.03. The first kappa shape index (κ1) is 21.0. The summed E-state index contributed by atoms with van der Waals surface area (Å²) in [5, 5.41) is 0. The number of esters is 1. The summed E-state index contributed by atoms with van der Waals surface area (Å²) in [6.45, 7) is 2.16. The van der Waals surface area contributed by atoms with Gasteiger partial charge in [-0.05, 0) is 24.3 Å². The monoisotopic (exact) mass is 459 g/mol. The lowest BCUT2D eigenvalue weighted by molar-refractivity contribution is -0.152.